The van der Waals surface area contributed by atoms with E-state index >= 15 is 0 Å². The Hall–Kier alpha value is -2.37. The van der Waals surface area contributed by atoms with Crippen LogP contribution >= 0.6 is 0 Å². The van der Waals surface area contributed by atoms with Crippen molar-refractivity contribution in [1.82, 2.24) is 15.1 Å². The molecule has 0 bridgehead atoms. The molecule has 2 heterocycles. The molecular formula is C17H20FN3O2. The van der Waals surface area contributed by atoms with Gasteiger partial charge in [0.15, 0.2) is 6.61 Å². The molecule has 1 aromatic heterocycles. The van der Waals surface area contributed by atoms with E-state index in [0.717, 1.165) is 30.5 Å². The van der Waals surface area contributed by atoms with Crippen LogP contribution in [0, 0.1) is 12.7 Å². The van der Waals surface area contributed by atoms with Gasteiger partial charge in [-0.3, -0.25) is 9.89 Å². The average molecular weight is 317 g/mol. The number of H-pyrrole nitrogens is 1. The van der Waals surface area contributed by atoms with Crippen LogP contribution in [0.5, 0.6) is 5.75 Å². The molecule has 0 spiro atoms. The number of benzene rings is 1. The number of carbonyl (C=O) groups is 1. The minimum Gasteiger partial charge on any atom is -0.484 e. The van der Waals surface area contributed by atoms with E-state index in [1.165, 1.54) is 12.1 Å². The maximum atomic E-state index is 13.2. The molecule has 2 aromatic rings. The third kappa shape index (κ3) is 3.52. The van der Waals surface area contributed by atoms with Crippen molar-refractivity contribution in [2.75, 3.05) is 13.2 Å². The maximum absolute atomic E-state index is 13.2. The second-order valence-corrected chi connectivity index (χ2v) is 5.81. The lowest BCUT2D eigenvalue weighted by atomic mass is 9.97. The summed E-state index contributed by atoms with van der Waals surface area (Å²) in [4.78, 5) is 14.4. The largest absolute Gasteiger partial charge is 0.484 e. The lowest BCUT2D eigenvalue weighted by Gasteiger charge is -2.35. The number of likely N-dealkylation sites (tertiary alicyclic amines) is 1. The van der Waals surface area contributed by atoms with E-state index < -0.39 is 0 Å². The number of aromatic nitrogens is 2. The van der Waals surface area contributed by atoms with Gasteiger partial charge in [-0.15, -0.1) is 0 Å². The number of ether oxygens (including phenoxy) is 1. The quantitative estimate of drug-likeness (QED) is 0.943. The van der Waals surface area contributed by atoms with Crippen LogP contribution in [0.15, 0.2) is 30.5 Å². The van der Waals surface area contributed by atoms with Crippen molar-refractivity contribution in [3.63, 3.8) is 0 Å². The van der Waals surface area contributed by atoms with Crippen molar-refractivity contribution >= 4 is 5.91 Å². The SMILES string of the molecule is Cc1cn[nH]c1C1CCCCN1C(=O)COc1cccc(F)c1. The van der Waals surface area contributed by atoms with Gasteiger partial charge in [-0.05, 0) is 43.9 Å². The molecule has 0 aliphatic carbocycles. The van der Waals surface area contributed by atoms with Gasteiger partial charge in [0.1, 0.15) is 11.6 Å². The summed E-state index contributed by atoms with van der Waals surface area (Å²) >= 11 is 0. The standard InChI is InChI=1S/C17H20FN3O2/c1-12-10-19-20-17(12)15-7-2-3-8-21(15)16(22)11-23-14-6-4-5-13(18)9-14/h4-6,9-10,15H,2-3,7-8,11H2,1H3,(H,19,20). The van der Waals surface area contributed by atoms with Gasteiger partial charge < -0.3 is 9.64 Å². The number of nitrogens with zero attached hydrogens (tertiary/aromatic N) is 2. The Balaban J connectivity index is 1.68. The second kappa shape index (κ2) is 6.81. The van der Waals surface area contributed by atoms with Gasteiger partial charge in [0.2, 0.25) is 0 Å². The predicted octanol–water partition coefficient (Wildman–Crippen LogP) is 2.99. The van der Waals surface area contributed by atoms with Gasteiger partial charge in [-0.1, -0.05) is 6.07 Å². The molecule has 1 amide bonds. The molecule has 1 unspecified atom stereocenters. The number of amides is 1. The monoisotopic (exact) mass is 317 g/mol. The second-order valence-electron chi connectivity index (χ2n) is 5.81. The summed E-state index contributed by atoms with van der Waals surface area (Å²) in [6, 6.07) is 5.83. The van der Waals surface area contributed by atoms with E-state index in [4.69, 9.17) is 4.74 Å². The number of aromatic amines is 1. The van der Waals surface area contributed by atoms with Crippen LogP contribution in [0.3, 0.4) is 0 Å². The zero-order valence-corrected chi connectivity index (χ0v) is 13.1. The fourth-order valence-electron chi connectivity index (χ4n) is 3.01. The smallest absolute Gasteiger partial charge is 0.261 e. The van der Waals surface area contributed by atoms with Gasteiger partial charge in [0, 0.05) is 12.6 Å². The first kappa shape index (κ1) is 15.5. The molecule has 1 fully saturated rings. The van der Waals surface area contributed by atoms with Crippen molar-refractivity contribution in [1.29, 1.82) is 0 Å². The number of hydrogen-bond acceptors (Lipinski definition) is 3. The Bertz CT molecular complexity index is 686. The minimum absolute atomic E-state index is 0.00913. The van der Waals surface area contributed by atoms with Crippen LogP contribution in [0.25, 0.3) is 0 Å². The average Bonchev–Trinajstić information content (AvgIpc) is 2.98. The Morgan fingerprint density at radius 2 is 2.35 bits per heavy atom. The molecule has 5 nitrogen and oxygen atoms in total. The molecule has 3 rings (SSSR count). The van der Waals surface area contributed by atoms with E-state index in [9.17, 15) is 9.18 Å². The van der Waals surface area contributed by atoms with Crippen LogP contribution in [0.4, 0.5) is 4.39 Å². The summed E-state index contributed by atoms with van der Waals surface area (Å²) in [5.41, 5.74) is 2.05. The Kier molecular flexibility index (Phi) is 4.60. The number of hydrogen-bond donors (Lipinski definition) is 1. The predicted molar refractivity (Wildman–Crippen MR) is 83.5 cm³/mol. The van der Waals surface area contributed by atoms with Crippen LogP contribution < -0.4 is 4.74 Å². The van der Waals surface area contributed by atoms with Crippen molar-refractivity contribution in [3.05, 3.63) is 47.5 Å². The summed E-state index contributed by atoms with van der Waals surface area (Å²) in [7, 11) is 0. The number of aryl methyl sites for hydroxylation is 1. The Morgan fingerprint density at radius 1 is 1.48 bits per heavy atom. The zero-order chi connectivity index (χ0) is 16.2. The van der Waals surface area contributed by atoms with Crippen LogP contribution in [-0.4, -0.2) is 34.2 Å². The molecule has 1 N–H and O–H groups in total. The number of nitrogens with one attached hydrogen (secondary N) is 1. The van der Waals surface area contributed by atoms with E-state index in [2.05, 4.69) is 10.2 Å². The summed E-state index contributed by atoms with van der Waals surface area (Å²) in [5, 5.41) is 7.07. The molecule has 1 aromatic carbocycles. The molecular weight excluding hydrogens is 297 g/mol. The highest BCUT2D eigenvalue weighted by Crippen LogP contribution is 2.31. The van der Waals surface area contributed by atoms with Crippen molar-refractivity contribution < 1.29 is 13.9 Å². The highest BCUT2D eigenvalue weighted by Gasteiger charge is 2.30. The normalized spacial score (nSPS) is 18.0. The van der Waals surface area contributed by atoms with E-state index in [0.29, 0.717) is 12.3 Å². The molecule has 122 valence electrons. The minimum atomic E-state index is -0.376. The topological polar surface area (TPSA) is 58.2 Å². The molecule has 1 saturated heterocycles. The van der Waals surface area contributed by atoms with Crippen molar-refractivity contribution in [2.45, 2.75) is 32.2 Å². The van der Waals surface area contributed by atoms with Crippen molar-refractivity contribution in [3.8, 4) is 5.75 Å². The molecule has 0 saturated carbocycles. The van der Waals surface area contributed by atoms with E-state index in [1.807, 2.05) is 11.8 Å². The molecule has 23 heavy (non-hydrogen) atoms. The summed E-state index contributed by atoms with van der Waals surface area (Å²) in [6.07, 6.45) is 4.75. The van der Waals surface area contributed by atoms with Crippen LogP contribution in [0.1, 0.15) is 36.6 Å². The number of halogens is 1. The zero-order valence-electron chi connectivity index (χ0n) is 13.1. The Morgan fingerprint density at radius 3 is 3.09 bits per heavy atom. The van der Waals surface area contributed by atoms with Gasteiger partial charge in [0.05, 0.1) is 17.9 Å². The van der Waals surface area contributed by atoms with Crippen molar-refractivity contribution in [2.24, 2.45) is 0 Å². The Labute approximate surface area is 134 Å². The van der Waals surface area contributed by atoms with Crippen LogP contribution in [-0.2, 0) is 4.79 Å². The third-order valence-electron chi connectivity index (χ3n) is 4.18. The fourth-order valence-corrected chi connectivity index (χ4v) is 3.01. The highest BCUT2D eigenvalue weighted by atomic mass is 19.1. The lowest BCUT2D eigenvalue weighted by Crippen LogP contribution is -2.41. The molecule has 6 heteroatoms. The maximum Gasteiger partial charge on any atom is 0.261 e. The molecule has 1 aliphatic rings. The number of carbonyl (C=O) groups excluding carboxylic acids is 1. The fraction of sp³-hybridized carbons (Fsp3) is 0.412. The first-order chi connectivity index (χ1) is 11.1. The first-order valence-electron chi connectivity index (χ1n) is 7.83. The molecule has 1 aliphatic heterocycles. The summed E-state index contributed by atoms with van der Waals surface area (Å²) in [5.74, 6) is -0.100. The third-order valence-corrected chi connectivity index (χ3v) is 4.18. The van der Waals surface area contributed by atoms with E-state index in [1.54, 1.807) is 18.3 Å². The highest BCUT2D eigenvalue weighted by molar-refractivity contribution is 5.78. The summed E-state index contributed by atoms with van der Waals surface area (Å²) < 4.78 is 18.6. The summed E-state index contributed by atoms with van der Waals surface area (Å²) in [6.45, 7) is 2.60. The number of piperidine rings is 1. The van der Waals surface area contributed by atoms with Gasteiger partial charge in [-0.25, -0.2) is 4.39 Å². The van der Waals surface area contributed by atoms with Gasteiger partial charge in [0.25, 0.3) is 5.91 Å². The van der Waals surface area contributed by atoms with Gasteiger partial charge in [-0.2, -0.15) is 5.10 Å². The lowest BCUT2D eigenvalue weighted by molar-refractivity contribution is -0.137. The molecule has 0 radical (unpaired) electrons. The van der Waals surface area contributed by atoms with Crippen LogP contribution in [0.2, 0.25) is 0 Å². The number of rotatable bonds is 4. The first-order valence-corrected chi connectivity index (χ1v) is 7.83. The van der Waals surface area contributed by atoms with E-state index in [-0.39, 0.29) is 24.4 Å². The van der Waals surface area contributed by atoms with Gasteiger partial charge >= 0.3 is 0 Å². The molecule has 1 atom stereocenters.